The highest BCUT2D eigenvalue weighted by molar-refractivity contribution is 5.85. The highest BCUT2D eigenvalue weighted by Crippen LogP contribution is 2.32. The molecule has 2 rings (SSSR count). The molecule has 1 saturated carbocycles. The van der Waals surface area contributed by atoms with Gasteiger partial charge < -0.3 is 10.6 Å². The fourth-order valence-electron chi connectivity index (χ4n) is 2.69. The summed E-state index contributed by atoms with van der Waals surface area (Å²) in [6.07, 6.45) is 5.11. The normalized spacial score (nSPS) is 31.4. The van der Waals surface area contributed by atoms with Crippen LogP contribution in [0.1, 0.15) is 46.0 Å². The minimum absolute atomic E-state index is 0. The Kier molecular flexibility index (Phi) is 4.85. The van der Waals surface area contributed by atoms with E-state index in [0.29, 0.717) is 23.3 Å². The third kappa shape index (κ3) is 3.85. The van der Waals surface area contributed by atoms with Crippen LogP contribution in [0.15, 0.2) is 0 Å². The number of carbonyl (C=O) groups excluding carboxylic acids is 1. The summed E-state index contributed by atoms with van der Waals surface area (Å²) >= 11 is 0. The Hall–Kier alpha value is -0.280. The van der Waals surface area contributed by atoms with Gasteiger partial charge in [0.1, 0.15) is 0 Å². The van der Waals surface area contributed by atoms with Crippen molar-refractivity contribution in [2.24, 2.45) is 17.1 Å². The van der Waals surface area contributed by atoms with Gasteiger partial charge in [0.15, 0.2) is 0 Å². The van der Waals surface area contributed by atoms with Gasteiger partial charge in [0.2, 0.25) is 5.91 Å². The Morgan fingerprint density at radius 3 is 2.29 bits per heavy atom. The van der Waals surface area contributed by atoms with Crippen molar-refractivity contribution in [3.63, 3.8) is 0 Å². The first kappa shape index (κ1) is 14.8. The van der Waals surface area contributed by atoms with Crippen LogP contribution in [0.5, 0.6) is 0 Å². The zero-order valence-corrected chi connectivity index (χ0v) is 11.8. The van der Waals surface area contributed by atoms with Gasteiger partial charge in [-0.3, -0.25) is 4.79 Å². The molecule has 2 aliphatic rings. The monoisotopic (exact) mass is 260 g/mol. The average Bonchev–Trinajstić information content (AvgIpc) is 2.15. The molecule has 100 valence electrons. The zero-order valence-electron chi connectivity index (χ0n) is 10.9. The molecule has 1 heterocycles. The van der Waals surface area contributed by atoms with E-state index >= 15 is 0 Å². The average molecular weight is 261 g/mol. The summed E-state index contributed by atoms with van der Waals surface area (Å²) in [5.74, 6) is 0.921. The molecular weight excluding hydrogens is 236 g/mol. The van der Waals surface area contributed by atoms with E-state index in [0.717, 1.165) is 45.2 Å². The Morgan fingerprint density at radius 1 is 1.29 bits per heavy atom. The summed E-state index contributed by atoms with van der Waals surface area (Å²) in [5, 5.41) is 0. The molecule has 0 aromatic carbocycles. The van der Waals surface area contributed by atoms with E-state index in [1.165, 1.54) is 0 Å². The number of amides is 1. The molecule has 1 aliphatic carbocycles. The van der Waals surface area contributed by atoms with Crippen LogP contribution in [0, 0.1) is 11.3 Å². The first-order valence-corrected chi connectivity index (χ1v) is 6.50. The molecule has 0 aromatic heterocycles. The lowest BCUT2D eigenvalue weighted by atomic mass is 9.78. The Bertz CT molecular complexity index is 265. The van der Waals surface area contributed by atoms with Crippen LogP contribution in [0.25, 0.3) is 0 Å². The van der Waals surface area contributed by atoms with Gasteiger partial charge in [-0.2, -0.15) is 0 Å². The summed E-state index contributed by atoms with van der Waals surface area (Å²) in [5.41, 5.74) is 6.16. The van der Waals surface area contributed by atoms with Gasteiger partial charge in [-0.25, -0.2) is 0 Å². The standard InChI is InChI=1S/C13H24N2O.ClH/c1-13(2)3-5-15(6-4-13)12(16)9-10-7-11(14)8-10;/h10-11H,3-9,14H2,1-2H3;1H. The van der Waals surface area contributed by atoms with Crippen LogP contribution >= 0.6 is 12.4 Å². The van der Waals surface area contributed by atoms with Crippen molar-refractivity contribution in [2.45, 2.75) is 52.0 Å². The molecule has 0 unspecified atom stereocenters. The Morgan fingerprint density at radius 2 is 1.82 bits per heavy atom. The number of piperidine rings is 1. The van der Waals surface area contributed by atoms with E-state index in [1.54, 1.807) is 0 Å². The molecule has 1 saturated heterocycles. The van der Waals surface area contributed by atoms with Crippen LogP contribution in [-0.2, 0) is 4.79 Å². The molecule has 2 N–H and O–H groups in total. The minimum Gasteiger partial charge on any atom is -0.343 e. The second-order valence-corrected chi connectivity index (χ2v) is 6.35. The van der Waals surface area contributed by atoms with E-state index in [4.69, 9.17) is 5.73 Å². The molecule has 1 aliphatic heterocycles. The lowest BCUT2D eigenvalue weighted by Crippen LogP contribution is -2.44. The van der Waals surface area contributed by atoms with E-state index in [2.05, 4.69) is 18.7 Å². The van der Waals surface area contributed by atoms with Crippen LogP contribution < -0.4 is 5.73 Å². The second-order valence-electron chi connectivity index (χ2n) is 6.35. The summed E-state index contributed by atoms with van der Waals surface area (Å²) in [4.78, 5) is 14.1. The number of nitrogens with zero attached hydrogens (tertiary/aromatic N) is 1. The maximum Gasteiger partial charge on any atom is 0.222 e. The SMILES string of the molecule is CC1(C)CCN(C(=O)CC2CC(N)C2)CC1.Cl. The Balaban J connectivity index is 0.00000144. The summed E-state index contributed by atoms with van der Waals surface area (Å²) < 4.78 is 0. The molecule has 1 amide bonds. The fraction of sp³-hybridized carbons (Fsp3) is 0.923. The lowest BCUT2D eigenvalue weighted by molar-refractivity contribution is -0.135. The Labute approximate surface area is 111 Å². The van der Waals surface area contributed by atoms with Gasteiger partial charge in [-0.05, 0) is 37.0 Å². The third-order valence-corrected chi connectivity index (χ3v) is 4.21. The maximum absolute atomic E-state index is 12.0. The van der Waals surface area contributed by atoms with Gasteiger partial charge in [0, 0.05) is 25.6 Å². The number of nitrogens with two attached hydrogens (primary N) is 1. The molecule has 3 nitrogen and oxygen atoms in total. The number of likely N-dealkylation sites (tertiary alicyclic amines) is 1. The van der Waals surface area contributed by atoms with E-state index in [-0.39, 0.29) is 12.4 Å². The number of carbonyl (C=O) groups is 1. The van der Waals surface area contributed by atoms with Crippen molar-refractivity contribution in [3.05, 3.63) is 0 Å². The molecule has 4 heteroatoms. The van der Waals surface area contributed by atoms with Crippen LogP contribution in [0.3, 0.4) is 0 Å². The van der Waals surface area contributed by atoms with E-state index < -0.39 is 0 Å². The van der Waals surface area contributed by atoms with Gasteiger partial charge in [-0.15, -0.1) is 12.4 Å². The quantitative estimate of drug-likeness (QED) is 0.827. The second kappa shape index (κ2) is 5.57. The minimum atomic E-state index is 0. The lowest BCUT2D eigenvalue weighted by Gasteiger charge is -2.39. The fourth-order valence-corrected chi connectivity index (χ4v) is 2.69. The smallest absolute Gasteiger partial charge is 0.222 e. The van der Waals surface area contributed by atoms with Crippen LogP contribution in [0.4, 0.5) is 0 Å². The molecule has 0 atom stereocenters. The number of hydrogen-bond acceptors (Lipinski definition) is 2. The highest BCUT2D eigenvalue weighted by Gasteiger charge is 2.32. The van der Waals surface area contributed by atoms with Crippen molar-refractivity contribution < 1.29 is 4.79 Å². The van der Waals surface area contributed by atoms with Crippen molar-refractivity contribution in [1.82, 2.24) is 4.90 Å². The molecular formula is C13H25ClN2O. The molecule has 0 radical (unpaired) electrons. The van der Waals surface area contributed by atoms with E-state index in [1.807, 2.05) is 0 Å². The third-order valence-electron chi connectivity index (χ3n) is 4.21. The number of rotatable bonds is 2. The van der Waals surface area contributed by atoms with Crippen LogP contribution in [0.2, 0.25) is 0 Å². The number of hydrogen-bond donors (Lipinski definition) is 1. The first-order chi connectivity index (χ1) is 7.46. The van der Waals surface area contributed by atoms with Crippen molar-refractivity contribution >= 4 is 18.3 Å². The zero-order chi connectivity index (χ0) is 11.8. The van der Waals surface area contributed by atoms with Crippen LogP contribution in [-0.4, -0.2) is 29.9 Å². The summed E-state index contributed by atoms with van der Waals surface area (Å²) in [7, 11) is 0. The highest BCUT2D eigenvalue weighted by atomic mass is 35.5. The van der Waals surface area contributed by atoms with Gasteiger partial charge >= 0.3 is 0 Å². The summed E-state index contributed by atoms with van der Waals surface area (Å²) in [6.45, 7) is 6.48. The molecule has 17 heavy (non-hydrogen) atoms. The first-order valence-electron chi connectivity index (χ1n) is 6.50. The van der Waals surface area contributed by atoms with Gasteiger partial charge in [0.25, 0.3) is 0 Å². The van der Waals surface area contributed by atoms with Crippen molar-refractivity contribution in [2.75, 3.05) is 13.1 Å². The molecule has 0 bridgehead atoms. The molecule has 0 spiro atoms. The van der Waals surface area contributed by atoms with Crippen molar-refractivity contribution in [3.8, 4) is 0 Å². The topological polar surface area (TPSA) is 46.3 Å². The van der Waals surface area contributed by atoms with Gasteiger partial charge in [0.05, 0.1) is 0 Å². The van der Waals surface area contributed by atoms with Crippen molar-refractivity contribution in [1.29, 1.82) is 0 Å². The molecule has 2 fully saturated rings. The predicted octanol–water partition coefficient (Wildman–Crippen LogP) is 2.18. The number of halogens is 1. The van der Waals surface area contributed by atoms with E-state index in [9.17, 15) is 4.79 Å². The predicted molar refractivity (Wildman–Crippen MR) is 72.2 cm³/mol. The molecule has 0 aromatic rings. The van der Waals surface area contributed by atoms with Gasteiger partial charge in [-0.1, -0.05) is 13.8 Å². The maximum atomic E-state index is 12.0. The summed E-state index contributed by atoms with van der Waals surface area (Å²) in [6, 6.07) is 0.359. The largest absolute Gasteiger partial charge is 0.343 e.